The molecule has 3 atom stereocenters. The predicted octanol–water partition coefficient (Wildman–Crippen LogP) is 2.59. The first-order chi connectivity index (χ1) is 16.8. The van der Waals surface area contributed by atoms with Gasteiger partial charge in [-0.3, -0.25) is 4.90 Å². The first-order valence-corrected chi connectivity index (χ1v) is 11.8. The van der Waals surface area contributed by atoms with Crippen LogP contribution >= 0.6 is 0 Å². The number of carbonyl (C=O) groups excluding carboxylic acids is 1. The summed E-state index contributed by atoms with van der Waals surface area (Å²) in [4.78, 5) is 20.3. The van der Waals surface area contributed by atoms with E-state index in [-0.39, 0.29) is 53.5 Å². The molecule has 12 heteroatoms. The first kappa shape index (κ1) is 31.5. The van der Waals surface area contributed by atoms with E-state index >= 15 is 0 Å². The van der Waals surface area contributed by atoms with Crippen LogP contribution in [0.15, 0.2) is 36.5 Å². The topological polar surface area (TPSA) is 69.2 Å². The zero-order valence-electron chi connectivity index (χ0n) is 20.9. The number of hydrogen-bond donors (Lipinski definition) is 0. The van der Waals surface area contributed by atoms with E-state index in [1.54, 1.807) is 0 Å². The molecule has 1 aliphatic rings. The summed E-state index contributed by atoms with van der Waals surface area (Å²) in [6.45, 7) is 4.31. The maximum absolute atomic E-state index is 13.3. The molecule has 0 bridgehead atoms. The van der Waals surface area contributed by atoms with Crippen molar-refractivity contribution >= 4 is 5.97 Å². The van der Waals surface area contributed by atoms with Gasteiger partial charge in [0.05, 0.1) is 17.3 Å². The molecule has 0 spiro atoms. The SMILES string of the molecule is CC(C)CC[C@H](c1ccnc(C(F)(F)F)n1)N1CC[C@@H](CC(=O)[O-])C[C@H]1c1ccc(C(F)(F)F)cc1.[Na+]. The quantitative estimate of drug-likeness (QED) is 0.381. The van der Waals surface area contributed by atoms with Crippen LogP contribution in [0.5, 0.6) is 0 Å². The summed E-state index contributed by atoms with van der Waals surface area (Å²) in [5.41, 5.74) is -0.110. The van der Waals surface area contributed by atoms with E-state index < -0.39 is 41.8 Å². The third-order valence-electron chi connectivity index (χ3n) is 6.52. The Morgan fingerprint density at radius 1 is 1.05 bits per heavy atom. The van der Waals surface area contributed by atoms with Crippen LogP contribution in [-0.2, 0) is 17.1 Å². The molecule has 3 rings (SSSR count). The number of likely N-dealkylation sites (tertiary alicyclic amines) is 1. The van der Waals surface area contributed by atoms with Gasteiger partial charge in [0.15, 0.2) is 0 Å². The average molecular weight is 539 g/mol. The number of piperidine rings is 1. The number of aromatic nitrogens is 2. The van der Waals surface area contributed by atoms with E-state index in [1.807, 2.05) is 18.7 Å². The molecule has 1 saturated heterocycles. The molecule has 0 unspecified atom stereocenters. The number of hydrogen-bond acceptors (Lipinski definition) is 5. The van der Waals surface area contributed by atoms with E-state index in [2.05, 4.69) is 9.97 Å². The maximum Gasteiger partial charge on any atom is 1.00 e. The molecule has 1 aromatic heterocycles. The Bertz CT molecular complexity index is 1030. The van der Waals surface area contributed by atoms with Gasteiger partial charge in [-0.05, 0) is 74.2 Å². The van der Waals surface area contributed by atoms with Gasteiger partial charge in [-0.2, -0.15) is 26.3 Å². The van der Waals surface area contributed by atoms with Crippen molar-refractivity contribution in [3.63, 3.8) is 0 Å². The van der Waals surface area contributed by atoms with Crippen LogP contribution in [0.3, 0.4) is 0 Å². The minimum atomic E-state index is -4.73. The van der Waals surface area contributed by atoms with Crippen molar-refractivity contribution in [2.24, 2.45) is 11.8 Å². The van der Waals surface area contributed by atoms with Crippen molar-refractivity contribution in [1.82, 2.24) is 14.9 Å². The number of aliphatic carboxylic acids is 1. The summed E-state index contributed by atoms with van der Waals surface area (Å²) in [5, 5.41) is 11.2. The van der Waals surface area contributed by atoms with Crippen molar-refractivity contribution in [2.75, 3.05) is 6.54 Å². The Balaban J connectivity index is 0.00000481. The predicted molar refractivity (Wildman–Crippen MR) is 117 cm³/mol. The summed E-state index contributed by atoms with van der Waals surface area (Å²) < 4.78 is 79.4. The van der Waals surface area contributed by atoms with Crippen molar-refractivity contribution in [2.45, 2.75) is 70.4 Å². The Kier molecular flexibility index (Phi) is 11.0. The van der Waals surface area contributed by atoms with Crippen molar-refractivity contribution in [3.8, 4) is 0 Å². The number of rotatable bonds is 8. The van der Waals surface area contributed by atoms with Gasteiger partial charge in [0.25, 0.3) is 0 Å². The van der Waals surface area contributed by atoms with Gasteiger partial charge in [0, 0.05) is 18.2 Å². The summed E-state index contributed by atoms with van der Waals surface area (Å²) >= 11 is 0. The maximum atomic E-state index is 13.3. The molecule has 1 aromatic carbocycles. The molecule has 1 aliphatic heterocycles. The average Bonchev–Trinajstić information content (AvgIpc) is 2.78. The largest absolute Gasteiger partial charge is 1.00 e. The summed E-state index contributed by atoms with van der Waals surface area (Å²) in [6, 6.07) is 4.98. The summed E-state index contributed by atoms with van der Waals surface area (Å²) in [6.07, 6.45) is -6.47. The minimum Gasteiger partial charge on any atom is -0.550 e. The second kappa shape index (κ2) is 12.9. The van der Waals surface area contributed by atoms with Gasteiger partial charge < -0.3 is 9.90 Å². The minimum absolute atomic E-state index is 0. The smallest absolute Gasteiger partial charge is 0.550 e. The molecule has 0 N–H and O–H groups in total. The second-order valence-electron chi connectivity index (χ2n) is 9.63. The number of carbonyl (C=O) groups is 1. The monoisotopic (exact) mass is 539 g/mol. The van der Waals surface area contributed by atoms with E-state index in [4.69, 9.17) is 0 Å². The van der Waals surface area contributed by atoms with Gasteiger partial charge in [0.2, 0.25) is 5.82 Å². The number of benzene rings is 1. The Morgan fingerprint density at radius 3 is 2.24 bits per heavy atom. The first-order valence-electron chi connectivity index (χ1n) is 11.8. The van der Waals surface area contributed by atoms with Crippen LogP contribution in [0, 0.1) is 11.8 Å². The number of nitrogens with zero attached hydrogens (tertiary/aromatic N) is 3. The van der Waals surface area contributed by atoms with Gasteiger partial charge >= 0.3 is 41.9 Å². The number of carboxylic acid groups (broad SMARTS) is 1. The van der Waals surface area contributed by atoms with Crippen molar-refractivity contribution in [1.29, 1.82) is 0 Å². The van der Waals surface area contributed by atoms with Gasteiger partial charge in [0.1, 0.15) is 0 Å². The van der Waals surface area contributed by atoms with Crippen molar-refractivity contribution in [3.05, 3.63) is 59.2 Å². The van der Waals surface area contributed by atoms with Crippen LogP contribution in [-0.4, -0.2) is 27.4 Å². The zero-order valence-corrected chi connectivity index (χ0v) is 22.9. The number of halogens is 6. The molecule has 0 amide bonds. The fourth-order valence-electron chi connectivity index (χ4n) is 4.74. The fourth-order valence-corrected chi connectivity index (χ4v) is 4.74. The van der Waals surface area contributed by atoms with Crippen LogP contribution in [0.2, 0.25) is 0 Å². The molecule has 37 heavy (non-hydrogen) atoms. The molecular formula is C25H28F6N3NaO2. The number of carboxylic acids is 1. The third kappa shape index (κ3) is 8.66. The van der Waals surface area contributed by atoms with Crippen LogP contribution < -0.4 is 34.7 Å². The van der Waals surface area contributed by atoms with E-state index in [0.29, 0.717) is 37.8 Å². The van der Waals surface area contributed by atoms with Crippen molar-refractivity contribution < 1.29 is 65.8 Å². The van der Waals surface area contributed by atoms with Crippen LogP contribution in [0.25, 0.3) is 0 Å². The van der Waals surface area contributed by atoms with Gasteiger partial charge in [-0.25, -0.2) is 9.97 Å². The van der Waals surface area contributed by atoms with E-state index in [9.17, 15) is 36.2 Å². The van der Waals surface area contributed by atoms with Crippen LogP contribution in [0.4, 0.5) is 26.3 Å². The summed E-state index contributed by atoms with van der Waals surface area (Å²) in [7, 11) is 0. The Morgan fingerprint density at radius 2 is 1.70 bits per heavy atom. The zero-order chi connectivity index (χ0) is 26.7. The molecule has 2 aromatic rings. The molecule has 0 aliphatic carbocycles. The molecule has 0 saturated carbocycles. The van der Waals surface area contributed by atoms with Crippen LogP contribution in [0.1, 0.15) is 80.7 Å². The molecule has 198 valence electrons. The second-order valence-corrected chi connectivity index (χ2v) is 9.63. The van der Waals surface area contributed by atoms with Gasteiger partial charge in [-0.1, -0.05) is 26.0 Å². The van der Waals surface area contributed by atoms with E-state index in [0.717, 1.165) is 18.3 Å². The fraction of sp³-hybridized carbons (Fsp3) is 0.560. The number of alkyl halides is 6. The molecule has 1 fully saturated rings. The molecule has 5 nitrogen and oxygen atoms in total. The third-order valence-corrected chi connectivity index (χ3v) is 6.52. The Labute approximate surface area is 234 Å². The normalized spacial score (nSPS) is 19.9. The molecular weight excluding hydrogens is 511 g/mol. The summed E-state index contributed by atoms with van der Waals surface area (Å²) in [5.74, 6) is -2.51. The Hall–Kier alpha value is -1.69. The standard InChI is InChI=1S/C25H29F6N3O2.Na/c1-15(2)3-8-20(19-9-11-32-23(33-19)25(29,30)31)34-12-10-16(14-22(35)36)13-21(34)17-4-6-18(7-5-17)24(26,27)28;/h4-7,9,11,15-16,20-21H,3,8,10,12-14H2,1-2H3,(H,35,36);/q;+1/p-1/t16-,20-,21+;/m1./s1. The van der Waals surface area contributed by atoms with Gasteiger partial charge in [-0.15, -0.1) is 0 Å². The van der Waals surface area contributed by atoms with E-state index in [1.165, 1.54) is 18.2 Å². The molecule has 2 heterocycles. The molecule has 0 radical (unpaired) electrons.